The molecular weight excluding hydrogens is 516 g/mol. The number of ether oxygens (including phenoxy) is 1. The lowest BCUT2D eigenvalue weighted by molar-refractivity contribution is 0.102. The molecule has 0 bridgehead atoms. The molecule has 9 nitrogen and oxygen atoms in total. The fourth-order valence-electron chi connectivity index (χ4n) is 5.98. The maximum absolute atomic E-state index is 13.6. The molecule has 2 heterocycles. The summed E-state index contributed by atoms with van der Waals surface area (Å²) in [6.45, 7) is 2.17. The van der Waals surface area contributed by atoms with E-state index in [0.717, 1.165) is 74.4 Å². The summed E-state index contributed by atoms with van der Waals surface area (Å²) in [7, 11) is -1.60. The Morgan fingerprint density at radius 1 is 1.10 bits per heavy atom. The molecule has 210 valence electrons. The molecular formula is C29H38N4O5S. The molecule has 39 heavy (non-hydrogen) atoms. The van der Waals surface area contributed by atoms with Gasteiger partial charge in [-0.05, 0) is 92.7 Å². The minimum absolute atomic E-state index is 0.212. The Bertz CT molecular complexity index is 1360. The molecule has 3 fully saturated rings. The molecule has 1 spiro atoms. The van der Waals surface area contributed by atoms with E-state index in [-0.39, 0.29) is 17.8 Å². The van der Waals surface area contributed by atoms with Crippen molar-refractivity contribution in [3.63, 3.8) is 0 Å². The first kappa shape index (κ1) is 26.3. The maximum atomic E-state index is 13.6. The predicted molar refractivity (Wildman–Crippen MR) is 154 cm³/mol. The summed E-state index contributed by atoms with van der Waals surface area (Å²) in [5.74, 6) is 0.199. The van der Waals surface area contributed by atoms with E-state index in [4.69, 9.17) is 9.84 Å². The quantitative estimate of drug-likeness (QED) is 0.430. The van der Waals surface area contributed by atoms with Crippen LogP contribution in [0.1, 0.15) is 60.9 Å². The predicted octanol–water partition coefficient (Wildman–Crippen LogP) is 3.98. The molecule has 0 radical (unpaired) electrons. The zero-order valence-electron chi connectivity index (χ0n) is 22.5. The Kier molecular flexibility index (Phi) is 6.87. The van der Waals surface area contributed by atoms with Crippen LogP contribution in [0.2, 0.25) is 0 Å². The summed E-state index contributed by atoms with van der Waals surface area (Å²) in [5, 5.41) is 12.2. The first-order valence-corrected chi connectivity index (χ1v) is 15.8. The number of aliphatic hydroxyl groups excluding tert-OH is 1. The van der Waals surface area contributed by atoms with E-state index in [1.807, 2.05) is 12.1 Å². The minimum Gasteiger partial charge on any atom is -0.488 e. The van der Waals surface area contributed by atoms with Crippen LogP contribution in [-0.2, 0) is 16.4 Å². The lowest BCUT2D eigenvalue weighted by atomic mass is 9.93. The van der Waals surface area contributed by atoms with Gasteiger partial charge in [-0.2, -0.15) is 0 Å². The second-order valence-electron chi connectivity index (χ2n) is 11.6. The average Bonchev–Trinajstić information content (AvgIpc) is 3.53. The number of fused-ring (bicyclic) bond motifs is 1. The molecule has 2 aliphatic carbocycles. The van der Waals surface area contributed by atoms with Gasteiger partial charge in [0.15, 0.2) is 0 Å². The largest absolute Gasteiger partial charge is 0.488 e. The van der Waals surface area contributed by atoms with Crippen molar-refractivity contribution in [2.24, 2.45) is 5.41 Å². The van der Waals surface area contributed by atoms with Crippen molar-refractivity contribution in [2.75, 3.05) is 58.9 Å². The van der Waals surface area contributed by atoms with E-state index < -0.39 is 16.6 Å². The number of aliphatic hydroxyl groups is 1. The van der Waals surface area contributed by atoms with Crippen molar-refractivity contribution < 1.29 is 23.1 Å². The molecule has 2 aromatic rings. The monoisotopic (exact) mass is 554 g/mol. The number of nitrogens with zero attached hydrogens (tertiary/aromatic N) is 2. The first-order valence-electron chi connectivity index (χ1n) is 14.1. The molecule has 6 rings (SSSR count). The summed E-state index contributed by atoms with van der Waals surface area (Å²) in [4.78, 5) is 18.1. The molecule has 2 aliphatic heterocycles. The minimum atomic E-state index is -3.67. The lowest BCUT2D eigenvalue weighted by Crippen LogP contribution is -2.35. The zero-order chi connectivity index (χ0) is 27.2. The third-order valence-corrected chi connectivity index (χ3v) is 10.1. The van der Waals surface area contributed by atoms with E-state index in [0.29, 0.717) is 22.4 Å². The molecule has 2 aromatic carbocycles. The van der Waals surface area contributed by atoms with Crippen molar-refractivity contribution in [3.8, 4) is 5.75 Å². The topological polar surface area (TPSA) is 111 Å². The van der Waals surface area contributed by atoms with Crippen molar-refractivity contribution in [1.82, 2.24) is 0 Å². The van der Waals surface area contributed by atoms with Crippen LogP contribution in [0.15, 0.2) is 30.3 Å². The Morgan fingerprint density at radius 2 is 1.87 bits per heavy atom. The van der Waals surface area contributed by atoms with E-state index in [9.17, 15) is 13.2 Å². The Balaban J connectivity index is 1.28. The van der Waals surface area contributed by atoms with Crippen LogP contribution in [-0.4, -0.2) is 64.6 Å². The van der Waals surface area contributed by atoms with E-state index in [1.165, 1.54) is 19.3 Å². The third-order valence-electron chi connectivity index (χ3n) is 8.86. The fraction of sp³-hybridized carbons (Fsp3) is 0.552. The molecule has 1 amide bonds. The molecule has 3 N–H and O–H groups in total. The van der Waals surface area contributed by atoms with Gasteiger partial charge in [-0.3, -0.25) is 9.52 Å². The number of carbonyl (C=O) groups is 1. The maximum Gasteiger partial charge on any atom is 0.255 e. The van der Waals surface area contributed by atoms with Crippen LogP contribution >= 0.6 is 0 Å². The number of piperidine rings is 1. The van der Waals surface area contributed by atoms with Crippen molar-refractivity contribution in [3.05, 3.63) is 41.5 Å². The fourth-order valence-corrected chi connectivity index (χ4v) is 6.81. The molecule has 10 heteroatoms. The van der Waals surface area contributed by atoms with Crippen LogP contribution < -0.4 is 24.6 Å². The van der Waals surface area contributed by atoms with Gasteiger partial charge in [0.05, 0.1) is 41.2 Å². The van der Waals surface area contributed by atoms with Crippen molar-refractivity contribution in [2.45, 2.75) is 57.5 Å². The standard InChI is InChI=1S/C29H38N4O5S/c1-32-12-7-20-17-21(18-26(27(20)32)38-23-3-2-4-23)28(35)30-24-6-5-22(31-39(36,37)16-15-34)19-25(24)33-13-10-29(8-9-29)11-14-33/h5-6,17-19,23,31,34H,2-4,7-16H2,1H3,(H,30,35). The SMILES string of the molecule is CN1CCc2cc(C(=O)Nc3ccc(NS(=O)(=O)CCO)cc3N3CCC4(CC3)CC4)cc(OC3CCC3)c21. The number of anilines is 4. The second-order valence-corrected chi connectivity index (χ2v) is 13.5. The number of nitrogens with one attached hydrogen (secondary N) is 2. The van der Waals surface area contributed by atoms with Gasteiger partial charge in [-0.1, -0.05) is 0 Å². The van der Waals surface area contributed by atoms with Gasteiger partial charge < -0.3 is 25.0 Å². The number of hydrogen-bond acceptors (Lipinski definition) is 7. The van der Waals surface area contributed by atoms with Crippen molar-refractivity contribution >= 4 is 38.7 Å². The Morgan fingerprint density at radius 3 is 2.54 bits per heavy atom. The number of sulfonamides is 1. The lowest BCUT2D eigenvalue weighted by Gasteiger charge is -2.35. The van der Waals surface area contributed by atoms with Crippen molar-refractivity contribution in [1.29, 1.82) is 0 Å². The van der Waals surface area contributed by atoms with Gasteiger partial charge in [0, 0.05) is 32.2 Å². The Labute approximate surface area is 230 Å². The molecule has 0 atom stereocenters. The third kappa shape index (κ3) is 5.54. The van der Waals surface area contributed by atoms with Gasteiger partial charge in [-0.15, -0.1) is 0 Å². The van der Waals surface area contributed by atoms with E-state index in [2.05, 4.69) is 26.9 Å². The second kappa shape index (κ2) is 10.2. The summed E-state index contributed by atoms with van der Waals surface area (Å²) in [5.41, 5.74) is 5.12. The number of likely N-dealkylation sites (N-methyl/N-ethyl adjacent to an activating group) is 1. The molecule has 0 unspecified atom stereocenters. The average molecular weight is 555 g/mol. The summed E-state index contributed by atoms with van der Waals surface area (Å²) < 4.78 is 33.5. The highest BCUT2D eigenvalue weighted by Crippen LogP contribution is 2.54. The molecule has 4 aliphatic rings. The van der Waals surface area contributed by atoms with Crippen LogP contribution in [0.3, 0.4) is 0 Å². The summed E-state index contributed by atoms with van der Waals surface area (Å²) >= 11 is 0. The van der Waals surface area contributed by atoms with Crippen LogP contribution in [0, 0.1) is 5.41 Å². The molecule has 2 saturated carbocycles. The van der Waals surface area contributed by atoms with Gasteiger partial charge in [-0.25, -0.2) is 8.42 Å². The summed E-state index contributed by atoms with van der Waals surface area (Å²) in [6, 6.07) is 9.04. The number of rotatable bonds is 9. The number of hydrogen-bond donors (Lipinski definition) is 3. The first-order chi connectivity index (χ1) is 18.7. The highest BCUT2D eigenvalue weighted by Gasteiger charge is 2.44. The van der Waals surface area contributed by atoms with Gasteiger partial charge in [0.25, 0.3) is 5.91 Å². The smallest absolute Gasteiger partial charge is 0.255 e. The van der Waals surface area contributed by atoms with Gasteiger partial charge >= 0.3 is 0 Å². The highest BCUT2D eigenvalue weighted by molar-refractivity contribution is 7.92. The molecule has 0 aromatic heterocycles. The highest BCUT2D eigenvalue weighted by atomic mass is 32.2. The van der Waals surface area contributed by atoms with Gasteiger partial charge in [0.1, 0.15) is 5.75 Å². The Hall–Kier alpha value is -2.98. The normalized spacial score (nSPS) is 19.9. The van der Waals surface area contributed by atoms with Crippen LogP contribution in [0.5, 0.6) is 5.75 Å². The van der Waals surface area contributed by atoms with Crippen LogP contribution in [0.25, 0.3) is 0 Å². The van der Waals surface area contributed by atoms with E-state index in [1.54, 1.807) is 18.2 Å². The number of carbonyl (C=O) groups excluding carboxylic acids is 1. The van der Waals surface area contributed by atoms with Crippen LogP contribution in [0.4, 0.5) is 22.7 Å². The summed E-state index contributed by atoms with van der Waals surface area (Å²) in [6.07, 6.45) is 9.11. The zero-order valence-corrected chi connectivity index (χ0v) is 23.4. The van der Waals surface area contributed by atoms with E-state index >= 15 is 0 Å². The number of amides is 1. The molecule has 1 saturated heterocycles. The van der Waals surface area contributed by atoms with Gasteiger partial charge in [0.2, 0.25) is 10.0 Å². The number of benzene rings is 2.